The average Bonchev–Trinajstić information content (AvgIpc) is 2.83. The first-order valence-corrected chi connectivity index (χ1v) is 6.21. The number of ether oxygens (including phenoxy) is 1. The number of hydrogen-bond donors (Lipinski definition) is 1. The molecular weight excluding hydrogens is 297 g/mol. The van der Waals surface area contributed by atoms with Crippen molar-refractivity contribution in [2.75, 3.05) is 5.32 Å². The van der Waals surface area contributed by atoms with Crippen molar-refractivity contribution in [3.8, 4) is 5.75 Å². The molecule has 1 heterocycles. The van der Waals surface area contributed by atoms with Crippen LogP contribution in [0.4, 0.5) is 15.9 Å². The van der Waals surface area contributed by atoms with Crippen LogP contribution in [-0.2, 0) is 4.79 Å². The van der Waals surface area contributed by atoms with Crippen molar-refractivity contribution in [1.29, 1.82) is 0 Å². The highest BCUT2D eigenvalue weighted by Crippen LogP contribution is 2.28. The number of hydrogen-bond acceptors (Lipinski definition) is 6. The van der Waals surface area contributed by atoms with Crippen LogP contribution in [0, 0.1) is 22.9 Å². The number of rotatable bonds is 5. The number of nitro benzene ring substituents is 1. The van der Waals surface area contributed by atoms with E-state index in [1.165, 1.54) is 13.0 Å². The second-order valence-corrected chi connectivity index (χ2v) is 4.44. The molecule has 2 aromatic rings. The summed E-state index contributed by atoms with van der Waals surface area (Å²) in [4.78, 5) is 22.0. The van der Waals surface area contributed by atoms with Gasteiger partial charge in [0.2, 0.25) is 5.75 Å². The summed E-state index contributed by atoms with van der Waals surface area (Å²) < 4.78 is 23.1. The van der Waals surface area contributed by atoms with Gasteiger partial charge in [0.1, 0.15) is 11.6 Å². The number of carbonyl (C=O) groups excluding carboxylic acids is 1. The van der Waals surface area contributed by atoms with Crippen LogP contribution in [0.2, 0.25) is 0 Å². The largest absolute Gasteiger partial charge is 0.474 e. The second kappa shape index (κ2) is 6.20. The van der Waals surface area contributed by atoms with E-state index in [-0.39, 0.29) is 11.6 Å². The maximum absolute atomic E-state index is 13.2. The number of amides is 1. The fourth-order valence-electron chi connectivity index (χ4n) is 1.63. The maximum atomic E-state index is 13.2. The zero-order valence-electron chi connectivity index (χ0n) is 11.7. The van der Waals surface area contributed by atoms with Gasteiger partial charge in [-0.3, -0.25) is 14.9 Å². The van der Waals surface area contributed by atoms with Gasteiger partial charge in [0.15, 0.2) is 11.9 Å². The minimum absolute atomic E-state index is 0.187. The van der Waals surface area contributed by atoms with E-state index >= 15 is 0 Å². The van der Waals surface area contributed by atoms with E-state index < -0.39 is 28.4 Å². The average molecular weight is 309 g/mol. The molecule has 2 rings (SSSR count). The molecule has 0 aliphatic carbocycles. The van der Waals surface area contributed by atoms with E-state index in [1.807, 2.05) is 0 Å². The quantitative estimate of drug-likeness (QED) is 0.671. The van der Waals surface area contributed by atoms with Crippen LogP contribution in [0.15, 0.2) is 28.8 Å². The van der Waals surface area contributed by atoms with Gasteiger partial charge in [0.25, 0.3) is 5.91 Å². The summed E-state index contributed by atoms with van der Waals surface area (Å²) in [6.07, 6.45) is -1.10. The number of anilines is 1. The van der Waals surface area contributed by atoms with E-state index in [0.29, 0.717) is 5.76 Å². The van der Waals surface area contributed by atoms with Crippen molar-refractivity contribution < 1.29 is 23.4 Å². The number of aromatic nitrogens is 1. The zero-order valence-corrected chi connectivity index (χ0v) is 11.7. The lowest BCUT2D eigenvalue weighted by Crippen LogP contribution is -2.30. The first kappa shape index (κ1) is 15.4. The van der Waals surface area contributed by atoms with Crippen LogP contribution in [0.1, 0.15) is 12.7 Å². The molecule has 0 aliphatic heterocycles. The predicted molar refractivity (Wildman–Crippen MR) is 73.0 cm³/mol. The van der Waals surface area contributed by atoms with Gasteiger partial charge < -0.3 is 14.6 Å². The number of halogens is 1. The Hall–Kier alpha value is -2.97. The van der Waals surface area contributed by atoms with Gasteiger partial charge in [-0.25, -0.2) is 4.39 Å². The molecule has 1 aromatic carbocycles. The second-order valence-electron chi connectivity index (χ2n) is 4.44. The van der Waals surface area contributed by atoms with Crippen molar-refractivity contribution in [2.24, 2.45) is 0 Å². The molecule has 0 bridgehead atoms. The molecule has 1 amide bonds. The molecular formula is C13H12FN3O5. The Kier molecular flexibility index (Phi) is 4.35. The van der Waals surface area contributed by atoms with Gasteiger partial charge in [0.05, 0.1) is 4.92 Å². The Morgan fingerprint density at radius 1 is 1.50 bits per heavy atom. The van der Waals surface area contributed by atoms with Crippen molar-refractivity contribution in [3.05, 3.63) is 46.0 Å². The molecule has 1 aromatic heterocycles. The van der Waals surface area contributed by atoms with Crippen molar-refractivity contribution >= 4 is 17.4 Å². The molecule has 22 heavy (non-hydrogen) atoms. The van der Waals surface area contributed by atoms with Crippen LogP contribution in [0.3, 0.4) is 0 Å². The molecule has 0 spiro atoms. The summed E-state index contributed by atoms with van der Waals surface area (Å²) in [5.41, 5.74) is -0.432. The van der Waals surface area contributed by atoms with E-state index in [1.54, 1.807) is 6.92 Å². The number of benzene rings is 1. The molecule has 1 N–H and O–H groups in total. The molecule has 0 saturated carbocycles. The van der Waals surface area contributed by atoms with Crippen molar-refractivity contribution in [1.82, 2.24) is 5.16 Å². The van der Waals surface area contributed by atoms with Crippen molar-refractivity contribution in [2.45, 2.75) is 20.0 Å². The van der Waals surface area contributed by atoms with Crippen LogP contribution in [0.25, 0.3) is 0 Å². The SMILES string of the molecule is Cc1cc(NC(=O)[C@@H](C)Oc2cc(F)ccc2[N+](=O)[O-])no1. The standard InChI is InChI=1S/C13H12FN3O5/c1-7-5-12(16-22-7)15-13(18)8(2)21-11-6-9(14)3-4-10(11)17(19)20/h3-6,8H,1-2H3,(H,15,16,18)/t8-/m1/s1. The number of nitro groups is 1. The van der Waals surface area contributed by atoms with E-state index in [9.17, 15) is 19.3 Å². The third-order valence-electron chi connectivity index (χ3n) is 2.67. The molecule has 9 heteroatoms. The Labute approximate surface area is 124 Å². The van der Waals surface area contributed by atoms with Crippen molar-refractivity contribution in [3.63, 3.8) is 0 Å². The fourth-order valence-corrected chi connectivity index (χ4v) is 1.63. The number of nitrogens with one attached hydrogen (secondary N) is 1. The minimum Gasteiger partial charge on any atom is -0.474 e. The summed E-state index contributed by atoms with van der Waals surface area (Å²) in [6.45, 7) is 3.02. The van der Waals surface area contributed by atoms with Crippen LogP contribution in [-0.4, -0.2) is 22.1 Å². The van der Waals surface area contributed by atoms with Gasteiger partial charge >= 0.3 is 5.69 Å². The van der Waals surface area contributed by atoms with Gasteiger partial charge in [-0.15, -0.1) is 0 Å². The molecule has 0 saturated heterocycles. The Bertz CT molecular complexity index is 715. The lowest BCUT2D eigenvalue weighted by Gasteiger charge is -2.13. The first-order chi connectivity index (χ1) is 10.4. The Morgan fingerprint density at radius 3 is 2.82 bits per heavy atom. The molecule has 0 unspecified atom stereocenters. The summed E-state index contributed by atoms with van der Waals surface area (Å²) in [5, 5.41) is 16.8. The molecule has 116 valence electrons. The normalized spacial score (nSPS) is 11.8. The third kappa shape index (κ3) is 3.57. The summed E-state index contributed by atoms with van der Waals surface area (Å²) in [7, 11) is 0. The first-order valence-electron chi connectivity index (χ1n) is 6.21. The van der Waals surface area contributed by atoms with Gasteiger partial charge in [0, 0.05) is 18.2 Å². The third-order valence-corrected chi connectivity index (χ3v) is 2.67. The van der Waals surface area contributed by atoms with E-state index in [0.717, 1.165) is 18.2 Å². The fraction of sp³-hybridized carbons (Fsp3) is 0.231. The zero-order chi connectivity index (χ0) is 16.3. The van der Waals surface area contributed by atoms with E-state index in [2.05, 4.69) is 10.5 Å². The van der Waals surface area contributed by atoms with Gasteiger partial charge in [-0.1, -0.05) is 5.16 Å². The highest BCUT2D eigenvalue weighted by molar-refractivity contribution is 5.93. The summed E-state index contributed by atoms with van der Waals surface area (Å²) >= 11 is 0. The van der Waals surface area contributed by atoms with Gasteiger partial charge in [-0.05, 0) is 19.9 Å². The lowest BCUT2D eigenvalue weighted by atomic mass is 10.2. The maximum Gasteiger partial charge on any atom is 0.311 e. The molecule has 0 aliphatic rings. The molecule has 0 radical (unpaired) electrons. The number of nitrogens with zero attached hydrogens (tertiary/aromatic N) is 2. The van der Waals surface area contributed by atoms with Crippen LogP contribution < -0.4 is 10.1 Å². The Balaban J connectivity index is 2.11. The minimum atomic E-state index is -1.10. The molecule has 0 fully saturated rings. The molecule has 8 nitrogen and oxygen atoms in total. The molecule has 1 atom stereocenters. The van der Waals surface area contributed by atoms with Crippen LogP contribution in [0.5, 0.6) is 5.75 Å². The number of carbonyl (C=O) groups is 1. The lowest BCUT2D eigenvalue weighted by molar-refractivity contribution is -0.386. The summed E-state index contributed by atoms with van der Waals surface area (Å²) in [5.74, 6) is -0.951. The van der Waals surface area contributed by atoms with E-state index in [4.69, 9.17) is 9.26 Å². The van der Waals surface area contributed by atoms with Gasteiger partial charge in [-0.2, -0.15) is 0 Å². The highest BCUT2D eigenvalue weighted by Gasteiger charge is 2.22. The predicted octanol–water partition coefficient (Wildman–Crippen LogP) is 2.44. The number of aryl methyl sites for hydroxylation is 1. The monoisotopic (exact) mass is 309 g/mol. The highest BCUT2D eigenvalue weighted by atomic mass is 19.1. The van der Waals surface area contributed by atoms with Crippen LogP contribution >= 0.6 is 0 Å². The smallest absolute Gasteiger partial charge is 0.311 e. The topological polar surface area (TPSA) is 108 Å². The summed E-state index contributed by atoms with van der Waals surface area (Å²) in [6, 6.07) is 4.25. The Morgan fingerprint density at radius 2 is 2.23 bits per heavy atom.